The van der Waals surface area contributed by atoms with Crippen molar-refractivity contribution in [3.8, 4) is 22.6 Å². The van der Waals surface area contributed by atoms with Gasteiger partial charge >= 0.3 is 0 Å². The number of aryl methyl sites for hydroxylation is 2. The highest BCUT2D eigenvalue weighted by molar-refractivity contribution is 5.97. The molecule has 0 N–H and O–H groups in total. The first-order chi connectivity index (χ1) is 20.5. The summed E-state index contributed by atoms with van der Waals surface area (Å²) in [5, 5.41) is 0. The van der Waals surface area contributed by atoms with Gasteiger partial charge in [-0.15, -0.1) is 0 Å². The lowest BCUT2D eigenvalue weighted by atomic mass is 9.70. The van der Waals surface area contributed by atoms with E-state index in [2.05, 4.69) is 50.2 Å². The van der Waals surface area contributed by atoms with Gasteiger partial charge in [0.25, 0.3) is 0 Å². The summed E-state index contributed by atoms with van der Waals surface area (Å²) in [6.45, 7) is 14.3. The van der Waals surface area contributed by atoms with E-state index in [1.54, 1.807) is 0 Å². The smallest absolute Gasteiger partial charge is 0.200 e. The molecular weight excluding hydrogens is 532 g/mol. The second-order valence-electron chi connectivity index (χ2n) is 12.4. The minimum absolute atomic E-state index is 0.0179. The Morgan fingerprint density at radius 2 is 1.12 bits per heavy atom. The number of benzene rings is 4. The van der Waals surface area contributed by atoms with Gasteiger partial charge in [0.1, 0.15) is 18.1 Å². The Balaban J connectivity index is 1.47. The van der Waals surface area contributed by atoms with Crippen LogP contribution >= 0.6 is 0 Å². The van der Waals surface area contributed by atoms with E-state index in [9.17, 15) is 9.59 Å². The Labute approximate surface area is 257 Å². The molecule has 43 heavy (non-hydrogen) atoms. The van der Waals surface area contributed by atoms with Crippen molar-refractivity contribution < 1.29 is 19.1 Å². The van der Waals surface area contributed by atoms with E-state index in [4.69, 9.17) is 9.47 Å². The maximum atomic E-state index is 12.9. The van der Waals surface area contributed by atoms with Crippen LogP contribution in [0.3, 0.4) is 0 Å². The average Bonchev–Trinajstić information content (AvgIpc) is 3.01. The lowest BCUT2D eigenvalue weighted by Gasteiger charge is -2.34. The van der Waals surface area contributed by atoms with Gasteiger partial charge in [-0.3, -0.25) is 9.59 Å². The van der Waals surface area contributed by atoms with Crippen molar-refractivity contribution in [2.24, 2.45) is 5.41 Å². The monoisotopic (exact) mass is 576 g/mol. The maximum absolute atomic E-state index is 12.9. The van der Waals surface area contributed by atoms with Crippen LogP contribution in [0.25, 0.3) is 11.1 Å². The molecule has 0 unspecified atom stereocenters. The molecule has 0 atom stereocenters. The molecule has 0 saturated carbocycles. The molecule has 0 aliphatic rings. The molecule has 0 saturated heterocycles. The van der Waals surface area contributed by atoms with Gasteiger partial charge in [0.05, 0.1) is 0 Å². The lowest BCUT2D eigenvalue weighted by Crippen LogP contribution is -2.27. The third kappa shape index (κ3) is 7.25. The largest absolute Gasteiger partial charge is 0.486 e. The topological polar surface area (TPSA) is 52.6 Å². The number of carbonyl (C=O) groups is 2. The van der Waals surface area contributed by atoms with Gasteiger partial charge < -0.3 is 9.47 Å². The molecule has 4 rings (SSSR count). The second-order valence-corrected chi connectivity index (χ2v) is 12.4. The SMILES string of the molecule is CCC(CC)(c1ccc(OCC(=O)c2ccc(-c3ccccc3)cc2)c(C)c1)c1ccc(OCC(=O)C(C)(C)C)c(C)c1. The van der Waals surface area contributed by atoms with Gasteiger partial charge in [-0.05, 0) is 72.2 Å². The van der Waals surface area contributed by atoms with E-state index < -0.39 is 5.41 Å². The first kappa shape index (κ1) is 31.7. The molecular formula is C39H44O4. The van der Waals surface area contributed by atoms with E-state index in [1.807, 2.05) is 89.2 Å². The van der Waals surface area contributed by atoms with Crippen molar-refractivity contribution >= 4 is 11.6 Å². The van der Waals surface area contributed by atoms with Crippen molar-refractivity contribution in [2.75, 3.05) is 13.2 Å². The third-order valence-corrected chi connectivity index (χ3v) is 8.53. The molecule has 224 valence electrons. The van der Waals surface area contributed by atoms with Gasteiger partial charge in [0, 0.05) is 16.4 Å². The number of ketones is 2. The molecule has 0 radical (unpaired) electrons. The summed E-state index contributed by atoms with van der Waals surface area (Å²) < 4.78 is 11.9. The zero-order valence-corrected chi connectivity index (χ0v) is 26.6. The highest BCUT2D eigenvalue weighted by atomic mass is 16.5. The van der Waals surface area contributed by atoms with Crippen LogP contribution in [-0.4, -0.2) is 24.8 Å². The van der Waals surface area contributed by atoms with Crippen LogP contribution in [0.4, 0.5) is 0 Å². The molecule has 0 amide bonds. The predicted octanol–water partition coefficient (Wildman–Crippen LogP) is 9.33. The van der Waals surface area contributed by atoms with Crippen LogP contribution in [0.1, 0.15) is 80.1 Å². The second kappa shape index (κ2) is 13.4. The number of ether oxygens (including phenoxy) is 2. The average molecular weight is 577 g/mol. The molecule has 0 bridgehead atoms. The van der Waals surface area contributed by atoms with Crippen molar-refractivity contribution in [1.29, 1.82) is 0 Å². The summed E-state index contributed by atoms with van der Waals surface area (Å²) in [4.78, 5) is 25.3. The number of carbonyl (C=O) groups excluding carboxylic acids is 2. The van der Waals surface area contributed by atoms with Crippen LogP contribution in [-0.2, 0) is 10.2 Å². The Kier molecular flexibility index (Phi) is 9.91. The summed E-state index contributed by atoms with van der Waals surface area (Å²) in [6, 6.07) is 30.4. The van der Waals surface area contributed by atoms with Crippen LogP contribution in [0, 0.1) is 19.3 Å². The minimum atomic E-state index is -0.428. The van der Waals surface area contributed by atoms with E-state index in [-0.39, 0.29) is 30.2 Å². The quantitative estimate of drug-likeness (QED) is 0.158. The normalized spacial score (nSPS) is 11.7. The highest BCUT2D eigenvalue weighted by Gasteiger charge is 2.32. The lowest BCUT2D eigenvalue weighted by molar-refractivity contribution is -0.128. The van der Waals surface area contributed by atoms with E-state index in [0.717, 1.165) is 40.8 Å². The summed E-state index contributed by atoms with van der Waals surface area (Å²) >= 11 is 0. The maximum Gasteiger partial charge on any atom is 0.200 e. The number of hydrogen-bond acceptors (Lipinski definition) is 4. The first-order valence-corrected chi connectivity index (χ1v) is 15.2. The summed E-state index contributed by atoms with van der Waals surface area (Å²) in [5.74, 6) is 1.47. The fourth-order valence-electron chi connectivity index (χ4n) is 5.52. The van der Waals surface area contributed by atoms with Crippen molar-refractivity contribution in [1.82, 2.24) is 0 Å². The predicted molar refractivity (Wildman–Crippen MR) is 175 cm³/mol. The number of rotatable bonds is 12. The molecule has 4 heteroatoms. The van der Waals surface area contributed by atoms with Crippen LogP contribution in [0.15, 0.2) is 91.0 Å². The highest BCUT2D eigenvalue weighted by Crippen LogP contribution is 2.41. The molecule has 0 aliphatic heterocycles. The molecule has 4 nitrogen and oxygen atoms in total. The molecule has 4 aromatic carbocycles. The zero-order chi connectivity index (χ0) is 31.2. The summed E-state index contributed by atoms with van der Waals surface area (Å²) in [6.07, 6.45) is 1.84. The molecule has 0 aliphatic carbocycles. The summed E-state index contributed by atoms with van der Waals surface area (Å²) in [7, 11) is 0. The van der Waals surface area contributed by atoms with E-state index >= 15 is 0 Å². The first-order valence-electron chi connectivity index (χ1n) is 15.2. The summed E-state index contributed by atoms with van der Waals surface area (Å²) in [5.41, 5.74) is 6.64. The minimum Gasteiger partial charge on any atom is -0.486 e. The Morgan fingerprint density at radius 1 is 0.628 bits per heavy atom. The van der Waals surface area contributed by atoms with Crippen LogP contribution in [0.2, 0.25) is 0 Å². The van der Waals surface area contributed by atoms with Crippen LogP contribution < -0.4 is 9.47 Å². The Bertz CT molecular complexity index is 1560. The van der Waals surface area contributed by atoms with Gasteiger partial charge in [-0.25, -0.2) is 0 Å². The van der Waals surface area contributed by atoms with Crippen molar-refractivity contribution in [2.45, 2.75) is 66.7 Å². The van der Waals surface area contributed by atoms with E-state index in [1.165, 1.54) is 11.1 Å². The number of Topliss-reactive ketones (excluding diaryl/α,β-unsaturated/α-hetero) is 2. The van der Waals surface area contributed by atoms with Gasteiger partial charge in [-0.1, -0.05) is 113 Å². The van der Waals surface area contributed by atoms with Gasteiger partial charge in [0.15, 0.2) is 18.2 Å². The Morgan fingerprint density at radius 3 is 1.58 bits per heavy atom. The van der Waals surface area contributed by atoms with E-state index in [0.29, 0.717) is 11.3 Å². The van der Waals surface area contributed by atoms with Gasteiger partial charge in [0.2, 0.25) is 0 Å². The fraction of sp³-hybridized carbons (Fsp3) is 0.333. The van der Waals surface area contributed by atoms with Gasteiger partial charge in [-0.2, -0.15) is 0 Å². The van der Waals surface area contributed by atoms with Crippen LogP contribution in [0.5, 0.6) is 11.5 Å². The zero-order valence-electron chi connectivity index (χ0n) is 26.6. The molecule has 0 aromatic heterocycles. The molecule has 0 fully saturated rings. The standard InChI is InChI=1S/C39H44O4/c1-8-39(9-2,33-20-22-36(28(4)24-33)43-26-37(41)38(5,6)7)32-19-21-35(27(3)23-32)42-25-34(40)31-17-15-30(16-18-31)29-13-11-10-12-14-29/h10-24H,8-9,25-26H2,1-7H3. The Hall–Kier alpha value is -4.18. The van der Waals surface area contributed by atoms with Crippen molar-refractivity contribution in [3.63, 3.8) is 0 Å². The third-order valence-electron chi connectivity index (χ3n) is 8.53. The number of hydrogen-bond donors (Lipinski definition) is 0. The fourth-order valence-corrected chi connectivity index (χ4v) is 5.52. The molecule has 0 spiro atoms. The molecule has 4 aromatic rings. The molecule has 0 heterocycles. The van der Waals surface area contributed by atoms with Crippen molar-refractivity contribution in [3.05, 3.63) is 119 Å².